The summed E-state index contributed by atoms with van der Waals surface area (Å²) >= 11 is 0. The van der Waals surface area contributed by atoms with Crippen molar-refractivity contribution in [2.45, 2.75) is 134 Å². The molecule has 1 rings (SSSR count). The number of carbonyl (C=O) groups is 2. The van der Waals surface area contributed by atoms with Gasteiger partial charge in [-0.3, -0.25) is 9.59 Å². The number of nitrogens with two attached hydrogens (primary N) is 1. The SMILES string of the molecule is CC.CC(C)=C(C)C.CCC(C)C(C)(C)CC(C)(C)C(=O)NCCNCCNC(=O)CC1(CN)CCCCC1. The van der Waals surface area contributed by atoms with Crippen LogP contribution in [-0.4, -0.2) is 44.5 Å². The zero-order chi connectivity index (χ0) is 30.7. The van der Waals surface area contributed by atoms with Crippen molar-refractivity contribution in [3.8, 4) is 0 Å². The van der Waals surface area contributed by atoms with Crippen molar-refractivity contribution >= 4 is 11.8 Å². The van der Waals surface area contributed by atoms with Gasteiger partial charge in [-0.1, -0.05) is 92.2 Å². The molecule has 0 saturated heterocycles. The van der Waals surface area contributed by atoms with Crippen molar-refractivity contribution in [3.63, 3.8) is 0 Å². The molecule has 1 saturated carbocycles. The third-order valence-corrected chi connectivity index (χ3v) is 8.55. The Hall–Kier alpha value is -1.40. The number of hydrogen-bond acceptors (Lipinski definition) is 4. The summed E-state index contributed by atoms with van der Waals surface area (Å²) in [5, 5.41) is 9.37. The average molecular weight is 553 g/mol. The fraction of sp³-hybridized carbons (Fsp3) is 0.879. The molecule has 5 N–H and O–H groups in total. The molecule has 1 atom stereocenters. The minimum Gasteiger partial charge on any atom is -0.355 e. The van der Waals surface area contributed by atoms with E-state index in [1.54, 1.807) is 0 Å². The highest BCUT2D eigenvalue weighted by Crippen LogP contribution is 2.40. The lowest BCUT2D eigenvalue weighted by atomic mass is 9.68. The van der Waals surface area contributed by atoms with Gasteiger partial charge in [0.15, 0.2) is 0 Å². The molecule has 0 aromatic carbocycles. The highest BCUT2D eigenvalue weighted by Gasteiger charge is 2.37. The van der Waals surface area contributed by atoms with Crippen LogP contribution in [-0.2, 0) is 9.59 Å². The van der Waals surface area contributed by atoms with Gasteiger partial charge in [0.2, 0.25) is 11.8 Å². The van der Waals surface area contributed by atoms with Crippen LogP contribution in [0.25, 0.3) is 0 Å². The molecule has 232 valence electrons. The van der Waals surface area contributed by atoms with E-state index < -0.39 is 0 Å². The van der Waals surface area contributed by atoms with Gasteiger partial charge >= 0.3 is 0 Å². The van der Waals surface area contributed by atoms with Gasteiger partial charge in [0.1, 0.15) is 0 Å². The number of rotatable bonds is 14. The second kappa shape index (κ2) is 20.5. The molecule has 0 aromatic rings. The van der Waals surface area contributed by atoms with Crippen LogP contribution >= 0.6 is 0 Å². The number of allylic oxidation sites excluding steroid dienone is 2. The second-order valence-electron chi connectivity index (χ2n) is 13.2. The minimum absolute atomic E-state index is 0.0103. The largest absolute Gasteiger partial charge is 0.355 e. The maximum absolute atomic E-state index is 12.7. The van der Waals surface area contributed by atoms with Crippen molar-refractivity contribution in [1.29, 1.82) is 0 Å². The Kier molecular flexibility index (Phi) is 20.9. The van der Waals surface area contributed by atoms with Crippen LogP contribution in [0.5, 0.6) is 0 Å². The van der Waals surface area contributed by atoms with Gasteiger partial charge in [-0.2, -0.15) is 0 Å². The third kappa shape index (κ3) is 17.1. The summed E-state index contributed by atoms with van der Waals surface area (Å²) in [5.74, 6) is 0.793. The van der Waals surface area contributed by atoms with Crippen LogP contribution in [0, 0.1) is 22.2 Å². The van der Waals surface area contributed by atoms with E-state index in [4.69, 9.17) is 5.73 Å². The first-order valence-electron chi connectivity index (χ1n) is 15.7. The third-order valence-electron chi connectivity index (χ3n) is 8.55. The quantitative estimate of drug-likeness (QED) is 0.138. The summed E-state index contributed by atoms with van der Waals surface area (Å²) in [7, 11) is 0. The van der Waals surface area contributed by atoms with Crippen LogP contribution < -0.4 is 21.7 Å². The summed E-state index contributed by atoms with van der Waals surface area (Å²) in [4.78, 5) is 25.0. The Morgan fingerprint density at radius 2 is 1.33 bits per heavy atom. The molecule has 1 aliphatic carbocycles. The van der Waals surface area contributed by atoms with E-state index in [1.165, 1.54) is 30.4 Å². The highest BCUT2D eigenvalue weighted by atomic mass is 16.2. The zero-order valence-electron chi connectivity index (χ0n) is 28.2. The maximum atomic E-state index is 12.7. The molecule has 0 radical (unpaired) electrons. The monoisotopic (exact) mass is 553 g/mol. The summed E-state index contributed by atoms with van der Waals surface area (Å²) in [6.45, 7) is 28.7. The molecule has 2 amide bonds. The zero-order valence-corrected chi connectivity index (χ0v) is 28.2. The number of carbonyl (C=O) groups excluding carboxylic acids is 2. The fourth-order valence-corrected chi connectivity index (χ4v) is 5.02. The molecule has 0 heterocycles. The highest BCUT2D eigenvalue weighted by molar-refractivity contribution is 5.81. The molecule has 6 heteroatoms. The smallest absolute Gasteiger partial charge is 0.225 e. The molecular formula is C33H68N4O2. The maximum Gasteiger partial charge on any atom is 0.225 e. The molecular weight excluding hydrogens is 484 g/mol. The lowest BCUT2D eigenvalue weighted by Gasteiger charge is -2.38. The van der Waals surface area contributed by atoms with Gasteiger partial charge in [-0.25, -0.2) is 0 Å². The van der Waals surface area contributed by atoms with E-state index in [0.29, 0.717) is 45.1 Å². The van der Waals surface area contributed by atoms with Crippen LogP contribution in [0.15, 0.2) is 11.1 Å². The molecule has 1 aliphatic rings. The predicted molar refractivity (Wildman–Crippen MR) is 171 cm³/mol. The van der Waals surface area contributed by atoms with E-state index in [0.717, 1.165) is 25.7 Å². The molecule has 1 fully saturated rings. The van der Waals surface area contributed by atoms with Crippen molar-refractivity contribution in [3.05, 3.63) is 11.1 Å². The number of nitrogens with one attached hydrogen (secondary N) is 3. The van der Waals surface area contributed by atoms with Gasteiger partial charge in [0, 0.05) is 38.0 Å². The van der Waals surface area contributed by atoms with Crippen molar-refractivity contribution in [2.75, 3.05) is 32.7 Å². The van der Waals surface area contributed by atoms with Gasteiger partial charge in [-0.15, -0.1) is 0 Å². The topological polar surface area (TPSA) is 96.2 Å². The van der Waals surface area contributed by atoms with Gasteiger partial charge < -0.3 is 21.7 Å². The summed E-state index contributed by atoms with van der Waals surface area (Å²) in [6, 6.07) is 0. The first-order chi connectivity index (χ1) is 18.1. The van der Waals surface area contributed by atoms with E-state index in [2.05, 4.69) is 71.3 Å². The predicted octanol–water partition coefficient (Wildman–Crippen LogP) is 6.99. The summed E-state index contributed by atoms with van der Waals surface area (Å²) in [5.41, 5.74) is 8.58. The Morgan fingerprint density at radius 3 is 1.77 bits per heavy atom. The Labute approximate surface area is 243 Å². The lowest BCUT2D eigenvalue weighted by Crippen LogP contribution is -2.44. The van der Waals surface area contributed by atoms with E-state index in [9.17, 15) is 9.59 Å². The Morgan fingerprint density at radius 1 is 0.846 bits per heavy atom. The minimum atomic E-state index is -0.390. The standard InChI is InChI=1S/C25H50N4O2.C6H12.C2H6/c1-7-20(2)23(3,4)18-24(5,6)22(31)29-16-14-27-13-15-28-21(30)17-25(19-26)11-9-8-10-12-25;1-5(2)6(3)4;1-2/h20,27H,7-19,26H2,1-6H3,(H,28,30)(H,29,31);1-4H3;1-2H3. The molecule has 0 bridgehead atoms. The summed E-state index contributed by atoms with van der Waals surface area (Å²) < 4.78 is 0. The molecule has 6 nitrogen and oxygen atoms in total. The first kappa shape index (κ1) is 39.7. The van der Waals surface area contributed by atoms with Crippen LogP contribution in [0.3, 0.4) is 0 Å². The summed E-state index contributed by atoms with van der Waals surface area (Å²) in [6.07, 6.45) is 8.30. The Balaban J connectivity index is 0. The van der Waals surface area contributed by atoms with Crippen molar-refractivity contribution in [1.82, 2.24) is 16.0 Å². The van der Waals surface area contributed by atoms with Gasteiger partial charge in [-0.05, 0) is 70.3 Å². The molecule has 0 aliphatic heterocycles. The van der Waals surface area contributed by atoms with Gasteiger partial charge in [0.25, 0.3) is 0 Å². The van der Waals surface area contributed by atoms with Crippen LogP contribution in [0.4, 0.5) is 0 Å². The molecule has 0 spiro atoms. The van der Waals surface area contributed by atoms with E-state index in [-0.39, 0.29) is 28.1 Å². The van der Waals surface area contributed by atoms with Crippen molar-refractivity contribution in [2.24, 2.45) is 27.9 Å². The lowest BCUT2D eigenvalue weighted by molar-refractivity contribution is -0.131. The normalized spacial score (nSPS) is 15.5. The fourth-order valence-electron chi connectivity index (χ4n) is 5.02. The van der Waals surface area contributed by atoms with Crippen molar-refractivity contribution < 1.29 is 9.59 Å². The van der Waals surface area contributed by atoms with Crippen LogP contribution in [0.1, 0.15) is 134 Å². The Bertz CT molecular complexity index is 688. The van der Waals surface area contributed by atoms with E-state index >= 15 is 0 Å². The number of amides is 2. The average Bonchev–Trinajstić information content (AvgIpc) is 2.88. The number of hydrogen-bond donors (Lipinski definition) is 4. The molecule has 0 aromatic heterocycles. The van der Waals surface area contributed by atoms with E-state index in [1.807, 2.05) is 27.7 Å². The molecule has 1 unspecified atom stereocenters. The van der Waals surface area contributed by atoms with Gasteiger partial charge in [0.05, 0.1) is 0 Å². The second-order valence-corrected chi connectivity index (χ2v) is 13.2. The molecule has 39 heavy (non-hydrogen) atoms. The van der Waals surface area contributed by atoms with Crippen LogP contribution in [0.2, 0.25) is 0 Å². The first-order valence-corrected chi connectivity index (χ1v) is 15.7.